The molecule has 0 unspecified atom stereocenters. The molecular weight excluding hydrogens is 491 g/mol. The van der Waals surface area contributed by atoms with Gasteiger partial charge in [-0.25, -0.2) is 6.07 Å². The van der Waals surface area contributed by atoms with Gasteiger partial charge in [-0.1, -0.05) is 98.4 Å². The first kappa shape index (κ1) is 33.1. The molecule has 0 spiro atoms. The SMILES string of the molecule is CC(C)(C)c1[c-]c2c(cc1)-c1ccc(C(C)(C)C)cc1C2.Cc1cc(C(C)(C)C)c[cH-]1.[Cl-].[Cl-].[Ti+4]. The fraction of sp³-hybridized carbons (Fsp3) is 0.452. The van der Waals surface area contributed by atoms with Gasteiger partial charge in [0.2, 0.25) is 0 Å². The normalized spacial score (nSPS) is 12.2. The van der Waals surface area contributed by atoms with E-state index in [2.05, 4.69) is 124 Å². The van der Waals surface area contributed by atoms with Gasteiger partial charge in [-0.15, -0.1) is 11.1 Å². The largest absolute Gasteiger partial charge is 4.00 e. The zero-order valence-corrected chi connectivity index (χ0v) is 25.7. The van der Waals surface area contributed by atoms with Crippen molar-refractivity contribution in [3.63, 3.8) is 0 Å². The smallest absolute Gasteiger partial charge is 1.00 e. The monoisotopic (exact) mass is 530 g/mol. The Kier molecular flexibility index (Phi) is 11.6. The molecule has 0 saturated heterocycles. The van der Waals surface area contributed by atoms with Gasteiger partial charge in [0, 0.05) is 0 Å². The number of benzene rings is 2. The summed E-state index contributed by atoms with van der Waals surface area (Å²) < 4.78 is 0. The Hall–Kier alpha value is -0.916. The summed E-state index contributed by atoms with van der Waals surface area (Å²) in [4.78, 5) is 0. The number of hydrogen-bond acceptors (Lipinski definition) is 0. The van der Waals surface area contributed by atoms with Crippen LogP contribution in [0.5, 0.6) is 0 Å². The Balaban J connectivity index is 0.000000721. The van der Waals surface area contributed by atoms with Crippen LogP contribution in [0.3, 0.4) is 0 Å². The van der Waals surface area contributed by atoms with Crippen LogP contribution in [0.4, 0.5) is 0 Å². The Morgan fingerprint density at radius 3 is 1.71 bits per heavy atom. The molecule has 182 valence electrons. The molecule has 3 aromatic carbocycles. The molecular formula is C31H40Cl2Ti. The zero-order valence-electron chi connectivity index (χ0n) is 22.6. The molecule has 0 atom stereocenters. The number of hydrogen-bond donors (Lipinski definition) is 0. The summed E-state index contributed by atoms with van der Waals surface area (Å²) in [6, 6.07) is 21.8. The van der Waals surface area contributed by atoms with Gasteiger partial charge in [0.05, 0.1) is 0 Å². The van der Waals surface area contributed by atoms with Crippen molar-refractivity contribution < 1.29 is 46.5 Å². The van der Waals surface area contributed by atoms with E-state index in [4.69, 9.17) is 0 Å². The van der Waals surface area contributed by atoms with Gasteiger partial charge >= 0.3 is 21.7 Å². The molecule has 0 aromatic heterocycles. The fourth-order valence-corrected chi connectivity index (χ4v) is 4.06. The molecule has 0 bridgehead atoms. The minimum atomic E-state index is 0. The average Bonchev–Trinajstić information content (AvgIpc) is 3.22. The minimum Gasteiger partial charge on any atom is -1.00 e. The van der Waals surface area contributed by atoms with E-state index in [9.17, 15) is 0 Å². The van der Waals surface area contributed by atoms with E-state index < -0.39 is 0 Å². The van der Waals surface area contributed by atoms with Crippen LogP contribution in [-0.4, -0.2) is 0 Å². The molecule has 0 aliphatic heterocycles. The predicted molar refractivity (Wildman–Crippen MR) is 136 cm³/mol. The molecule has 0 amide bonds. The predicted octanol–water partition coefficient (Wildman–Crippen LogP) is 2.67. The summed E-state index contributed by atoms with van der Waals surface area (Å²) in [6.07, 6.45) is 1.03. The van der Waals surface area contributed by atoms with E-state index in [-0.39, 0.29) is 57.4 Å². The van der Waals surface area contributed by atoms with E-state index in [0.717, 1.165) is 6.42 Å². The molecule has 0 radical (unpaired) electrons. The molecule has 1 aliphatic rings. The summed E-state index contributed by atoms with van der Waals surface area (Å²) in [6.45, 7) is 22.4. The first-order chi connectivity index (χ1) is 14.2. The average molecular weight is 531 g/mol. The van der Waals surface area contributed by atoms with Crippen LogP contribution in [0.1, 0.15) is 95.7 Å². The van der Waals surface area contributed by atoms with Crippen LogP contribution < -0.4 is 24.8 Å². The third-order valence-electron chi connectivity index (χ3n) is 6.24. The standard InChI is InChI=1S/C21H25.C10H15.2ClH.Ti/c1-20(2,3)16-7-9-18-14(12-16)11-15-13-17(21(4,5)6)8-10-19(15)18;1-8-5-6-9(7-8)10(2,3)4;;;/h7-10,12H,11H2,1-6H3;5-7H,1-4H3;2*1H;/q2*-1;;;+4/p-2. The van der Waals surface area contributed by atoms with Crippen LogP contribution in [0.15, 0.2) is 48.5 Å². The summed E-state index contributed by atoms with van der Waals surface area (Å²) in [5, 5.41) is 0. The van der Waals surface area contributed by atoms with Gasteiger partial charge < -0.3 is 24.8 Å². The van der Waals surface area contributed by atoms with Crippen molar-refractivity contribution in [2.75, 3.05) is 0 Å². The molecule has 4 rings (SSSR count). The molecule has 0 nitrogen and oxygen atoms in total. The van der Waals surface area contributed by atoms with Crippen LogP contribution in [0, 0.1) is 13.0 Å². The fourth-order valence-electron chi connectivity index (χ4n) is 4.06. The number of rotatable bonds is 0. The van der Waals surface area contributed by atoms with E-state index in [1.54, 1.807) is 0 Å². The van der Waals surface area contributed by atoms with E-state index in [1.165, 1.54) is 44.5 Å². The quantitative estimate of drug-likeness (QED) is 0.242. The number of halogens is 2. The minimum absolute atomic E-state index is 0. The van der Waals surface area contributed by atoms with Crippen molar-refractivity contribution in [2.45, 2.75) is 91.9 Å². The van der Waals surface area contributed by atoms with Crippen molar-refractivity contribution in [1.29, 1.82) is 0 Å². The summed E-state index contributed by atoms with van der Waals surface area (Å²) >= 11 is 0. The maximum Gasteiger partial charge on any atom is 4.00 e. The van der Waals surface area contributed by atoms with Crippen molar-refractivity contribution in [3.8, 4) is 11.1 Å². The van der Waals surface area contributed by atoms with Crippen LogP contribution >= 0.6 is 0 Å². The molecule has 3 heteroatoms. The molecule has 1 aliphatic carbocycles. The van der Waals surface area contributed by atoms with Crippen molar-refractivity contribution in [1.82, 2.24) is 0 Å². The Morgan fingerprint density at radius 2 is 1.26 bits per heavy atom. The molecule has 0 fully saturated rings. The first-order valence-corrected chi connectivity index (χ1v) is 11.6. The maximum atomic E-state index is 3.67. The van der Waals surface area contributed by atoms with Crippen LogP contribution in [-0.2, 0) is 44.4 Å². The van der Waals surface area contributed by atoms with Crippen molar-refractivity contribution in [3.05, 3.63) is 88.0 Å². The number of fused-ring (bicyclic) bond motifs is 3. The van der Waals surface area contributed by atoms with Crippen molar-refractivity contribution in [2.24, 2.45) is 0 Å². The Morgan fingerprint density at radius 1 is 0.706 bits per heavy atom. The number of aryl methyl sites for hydroxylation is 1. The topological polar surface area (TPSA) is 0 Å². The molecule has 0 saturated carbocycles. The Bertz CT molecular complexity index is 1010. The van der Waals surface area contributed by atoms with Crippen molar-refractivity contribution >= 4 is 0 Å². The molecule has 3 aromatic rings. The van der Waals surface area contributed by atoms with Crippen LogP contribution in [0.25, 0.3) is 11.1 Å². The van der Waals surface area contributed by atoms with E-state index in [0.29, 0.717) is 5.41 Å². The van der Waals surface area contributed by atoms with Gasteiger partial charge in [-0.05, 0) is 28.4 Å². The first-order valence-electron chi connectivity index (χ1n) is 11.6. The van der Waals surface area contributed by atoms with E-state index >= 15 is 0 Å². The maximum absolute atomic E-state index is 3.67. The summed E-state index contributed by atoms with van der Waals surface area (Å²) in [5.74, 6) is 0. The second-order valence-corrected chi connectivity index (χ2v) is 12.2. The second-order valence-electron chi connectivity index (χ2n) is 12.2. The Labute approximate surface area is 236 Å². The molecule has 0 N–H and O–H groups in total. The van der Waals surface area contributed by atoms with Gasteiger partial charge in [0.1, 0.15) is 0 Å². The van der Waals surface area contributed by atoms with E-state index in [1.807, 2.05) is 0 Å². The second kappa shape index (κ2) is 11.9. The summed E-state index contributed by atoms with van der Waals surface area (Å²) in [5.41, 5.74) is 11.8. The van der Waals surface area contributed by atoms with Gasteiger partial charge in [0.15, 0.2) is 0 Å². The third kappa shape index (κ3) is 7.79. The zero-order chi connectivity index (χ0) is 23.2. The van der Waals surface area contributed by atoms with Crippen LogP contribution in [0.2, 0.25) is 0 Å². The molecule has 34 heavy (non-hydrogen) atoms. The summed E-state index contributed by atoms with van der Waals surface area (Å²) in [7, 11) is 0. The van der Waals surface area contributed by atoms with Gasteiger partial charge in [0.25, 0.3) is 0 Å². The molecule has 0 heterocycles. The third-order valence-corrected chi connectivity index (χ3v) is 6.24. The van der Waals surface area contributed by atoms with Gasteiger partial charge in [-0.3, -0.25) is 0 Å². The van der Waals surface area contributed by atoms with Gasteiger partial charge in [-0.2, -0.15) is 47.0 Å².